The van der Waals surface area contributed by atoms with Crippen LogP contribution in [0.25, 0.3) is 0 Å². The number of thioether (sulfide) groups is 1. The van der Waals surface area contributed by atoms with E-state index in [4.69, 9.17) is 4.42 Å². The van der Waals surface area contributed by atoms with E-state index in [0.717, 1.165) is 4.90 Å². The summed E-state index contributed by atoms with van der Waals surface area (Å²) in [7, 11) is 0. The van der Waals surface area contributed by atoms with Gasteiger partial charge in [0, 0.05) is 17.9 Å². The Bertz CT molecular complexity index is 698. The Balaban J connectivity index is 1.88. The van der Waals surface area contributed by atoms with Crippen LogP contribution in [0, 0.1) is 0 Å². The van der Waals surface area contributed by atoms with Crippen molar-refractivity contribution in [2.24, 2.45) is 0 Å². The predicted octanol–water partition coefficient (Wildman–Crippen LogP) is 2.05. The Kier molecular flexibility index (Phi) is 6.05. The molecule has 0 aliphatic carbocycles. The minimum Gasteiger partial charge on any atom is -0.469 e. The van der Waals surface area contributed by atoms with Gasteiger partial charge in [-0.25, -0.2) is 0 Å². The van der Waals surface area contributed by atoms with Gasteiger partial charge in [0.15, 0.2) is 0 Å². The van der Waals surface area contributed by atoms with Crippen molar-refractivity contribution in [3.63, 3.8) is 0 Å². The van der Waals surface area contributed by atoms with Crippen molar-refractivity contribution < 1.29 is 19.1 Å². The van der Waals surface area contributed by atoms with E-state index in [0.29, 0.717) is 11.4 Å². The third-order valence-corrected chi connectivity index (χ3v) is 4.12. The number of hydrogen-bond donors (Lipinski definition) is 3. The van der Waals surface area contributed by atoms with Crippen molar-refractivity contribution in [3.8, 4) is 0 Å². The van der Waals surface area contributed by atoms with Gasteiger partial charge in [0.05, 0.1) is 17.6 Å². The highest BCUT2D eigenvalue weighted by atomic mass is 32.2. The van der Waals surface area contributed by atoms with Crippen LogP contribution in [0.3, 0.4) is 0 Å². The zero-order chi connectivity index (χ0) is 17.6. The molecule has 1 atom stereocenters. The molecule has 0 saturated heterocycles. The maximum atomic E-state index is 12.0. The lowest BCUT2D eigenvalue weighted by molar-refractivity contribution is -0.136. The minimum absolute atomic E-state index is 0.0653. The average Bonchev–Trinajstić information content (AvgIpc) is 3.05. The molecule has 1 aromatic carbocycles. The topological polar surface area (TPSA) is 91.6 Å². The number of carbonyl (C=O) groups excluding carboxylic acids is 2. The highest BCUT2D eigenvalue weighted by Gasteiger charge is 2.25. The summed E-state index contributed by atoms with van der Waals surface area (Å²) in [6.07, 6.45) is 3.63. The number of aliphatic hydroxyl groups is 1. The maximum absolute atomic E-state index is 12.0. The first-order chi connectivity index (χ1) is 11.4. The van der Waals surface area contributed by atoms with Gasteiger partial charge in [0.2, 0.25) is 0 Å². The molecule has 1 heterocycles. The molecule has 0 aliphatic heterocycles. The molecule has 0 saturated carbocycles. The molecule has 0 fully saturated rings. The maximum Gasteiger partial charge on any atom is 0.313 e. The van der Waals surface area contributed by atoms with Crippen LogP contribution in [0.2, 0.25) is 0 Å². The number of furan rings is 1. The summed E-state index contributed by atoms with van der Waals surface area (Å²) in [5.41, 5.74) is -0.641. The Morgan fingerprint density at radius 1 is 1.21 bits per heavy atom. The highest BCUT2D eigenvalue weighted by Crippen LogP contribution is 2.24. The van der Waals surface area contributed by atoms with Crippen molar-refractivity contribution >= 4 is 29.3 Å². The number of hydrogen-bond acceptors (Lipinski definition) is 5. The third-order valence-electron chi connectivity index (χ3n) is 3.33. The summed E-state index contributed by atoms with van der Waals surface area (Å²) >= 11 is 1.47. The zero-order valence-corrected chi connectivity index (χ0v) is 14.4. The molecule has 2 rings (SSSR count). The number of anilines is 1. The third kappa shape index (κ3) is 5.14. The normalized spacial score (nSPS) is 13.1. The first-order valence-corrected chi connectivity index (χ1v) is 8.61. The van der Waals surface area contributed by atoms with E-state index in [9.17, 15) is 14.7 Å². The molecule has 0 aliphatic rings. The standard InChI is InChI=1S/C17H20N2O4S/c1-17(22,10-12-6-5-9-23-12)11-18-15(20)16(21)19-13-7-3-4-8-14(13)24-2/h3-9,22H,10-11H2,1-2H3,(H,18,20)(H,19,21). The quantitative estimate of drug-likeness (QED) is 0.549. The molecule has 7 heteroatoms. The summed E-state index contributed by atoms with van der Waals surface area (Å²) in [5, 5.41) is 15.3. The Morgan fingerprint density at radius 2 is 1.96 bits per heavy atom. The van der Waals surface area contributed by atoms with Crippen molar-refractivity contribution in [2.75, 3.05) is 18.1 Å². The molecule has 1 aromatic heterocycles. The van der Waals surface area contributed by atoms with Crippen LogP contribution in [-0.4, -0.2) is 35.3 Å². The van der Waals surface area contributed by atoms with Gasteiger partial charge in [-0.1, -0.05) is 12.1 Å². The summed E-state index contributed by atoms with van der Waals surface area (Å²) < 4.78 is 5.17. The van der Waals surface area contributed by atoms with Crippen LogP contribution in [0.15, 0.2) is 52.0 Å². The van der Waals surface area contributed by atoms with Gasteiger partial charge >= 0.3 is 11.8 Å². The molecule has 6 nitrogen and oxygen atoms in total. The monoisotopic (exact) mass is 348 g/mol. The van der Waals surface area contributed by atoms with Crippen LogP contribution in [-0.2, 0) is 16.0 Å². The van der Waals surface area contributed by atoms with Crippen molar-refractivity contribution in [1.82, 2.24) is 5.32 Å². The van der Waals surface area contributed by atoms with Gasteiger partial charge in [-0.3, -0.25) is 9.59 Å². The Hall–Kier alpha value is -2.25. The lowest BCUT2D eigenvalue weighted by Crippen LogP contribution is -2.45. The Labute approximate surface area is 144 Å². The summed E-state index contributed by atoms with van der Waals surface area (Å²) in [6.45, 7) is 1.50. The van der Waals surface area contributed by atoms with Crippen LogP contribution in [0.4, 0.5) is 5.69 Å². The van der Waals surface area contributed by atoms with E-state index in [-0.39, 0.29) is 13.0 Å². The molecule has 0 bridgehead atoms. The molecule has 128 valence electrons. The second-order valence-corrected chi connectivity index (χ2v) is 6.44. The molecule has 0 spiro atoms. The summed E-state index contributed by atoms with van der Waals surface area (Å²) in [4.78, 5) is 24.8. The van der Waals surface area contributed by atoms with Crippen molar-refractivity contribution in [3.05, 3.63) is 48.4 Å². The van der Waals surface area contributed by atoms with Gasteiger partial charge in [-0.15, -0.1) is 11.8 Å². The van der Waals surface area contributed by atoms with Gasteiger partial charge in [0.25, 0.3) is 0 Å². The van der Waals surface area contributed by atoms with Crippen LogP contribution in [0.1, 0.15) is 12.7 Å². The van der Waals surface area contributed by atoms with E-state index in [1.54, 1.807) is 31.2 Å². The SMILES string of the molecule is CSc1ccccc1NC(=O)C(=O)NCC(C)(O)Cc1ccco1. The fourth-order valence-electron chi connectivity index (χ4n) is 2.13. The number of carbonyl (C=O) groups is 2. The first kappa shape index (κ1) is 18.1. The molecule has 2 aromatic rings. The van der Waals surface area contributed by atoms with Crippen molar-refractivity contribution in [1.29, 1.82) is 0 Å². The zero-order valence-electron chi connectivity index (χ0n) is 13.5. The lowest BCUT2D eigenvalue weighted by atomic mass is 10.0. The van der Waals surface area contributed by atoms with Crippen LogP contribution < -0.4 is 10.6 Å². The van der Waals surface area contributed by atoms with E-state index in [2.05, 4.69) is 10.6 Å². The smallest absolute Gasteiger partial charge is 0.313 e. The molecular formula is C17H20N2O4S. The molecule has 3 N–H and O–H groups in total. The Morgan fingerprint density at radius 3 is 2.62 bits per heavy atom. The molecular weight excluding hydrogens is 328 g/mol. The predicted molar refractivity (Wildman–Crippen MR) is 92.9 cm³/mol. The second kappa shape index (κ2) is 8.03. The minimum atomic E-state index is -1.22. The fourth-order valence-corrected chi connectivity index (χ4v) is 2.68. The fraction of sp³-hybridized carbons (Fsp3) is 0.294. The second-order valence-electron chi connectivity index (χ2n) is 5.59. The van der Waals surface area contributed by atoms with E-state index >= 15 is 0 Å². The first-order valence-electron chi connectivity index (χ1n) is 7.38. The van der Waals surface area contributed by atoms with Crippen molar-refractivity contribution in [2.45, 2.75) is 23.8 Å². The molecule has 0 radical (unpaired) electrons. The summed E-state index contributed by atoms with van der Waals surface area (Å²) in [6, 6.07) is 10.7. The molecule has 1 unspecified atom stereocenters. The van der Waals surface area contributed by atoms with Crippen LogP contribution in [0.5, 0.6) is 0 Å². The number of benzene rings is 1. The number of rotatable bonds is 6. The average molecular weight is 348 g/mol. The molecule has 2 amide bonds. The number of amides is 2. The van der Waals surface area contributed by atoms with Gasteiger partial charge in [-0.2, -0.15) is 0 Å². The van der Waals surface area contributed by atoms with E-state index < -0.39 is 17.4 Å². The van der Waals surface area contributed by atoms with Gasteiger partial charge in [-0.05, 0) is 37.4 Å². The lowest BCUT2D eigenvalue weighted by Gasteiger charge is -2.22. The highest BCUT2D eigenvalue weighted by molar-refractivity contribution is 7.98. The van der Waals surface area contributed by atoms with Crippen LogP contribution >= 0.6 is 11.8 Å². The number of nitrogens with one attached hydrogen (secondary N) is 2. The summed E-state index contributed by atoms with van der Waals surface area (Å²) in [5.74, 6) is -0.969. The van der Waals surface area contributed by atoms with Gasteiger partial charge < -0.3 is 20.2 Å². The van der Waals surface area contributed by atoms with E-state index in [1.807, 2.05) is 18.4 Å². The largest absolute Gasteiger partial charge is 0.469 e. The molecule has 24 heavy (non-hydrogen) atoms. The number of para-hydroxylation sites is 1. The van der Waals surface area contributed by atoms with E-state index in [1.165, 1.54) is 18.0 Å². The van der Waals surface area contributed by atoms with Gasteiger partial charge in [0.1, 0.15) is 5.76 Å².